The molecule has 0 saturated heterocycles. The predicted molar refractivity (Wildman–Crippen MR) is 81.6 cm³/mol. The van der Waals surface area contributed by atoms with E-state index >= 15 is 0 Å². The molecular formula is C16H23N3O. The Morgan fingerprint density at radius 3 is 2.85 bits per heavy atom. The molecule has 2 rings (SSSR count). The van der Waals surface area contributed by atoms with Gasteiger partial charge in [-0.3, -0.25) is 0 Å². The third-order valence-electron chi connectivity index (χ3n) is 3.16. The minimum absolute atomic E-state index is 0.548. The molecule has 1 aromatic heterocycles. The minimum atomic E-state index is 0.548. The van der Waals surface area contributed by atoms with Gasteiger partial charge in [-0.2, -0.15) is 5.10 Å². The van der Waals surface area contributed by atoms with E-state index in [1.54, 1.807) is 7.11 Å². The maximum atomic E-state index is 5.36. The Kier molecular flexibility index (Phi) is 5.18. The first-order valence-electron chi connectivity index (χ1n) is 7.11. The minimum Gasteiger partial charge on any atom is -0.494 e. The predicted octanol–water partition coefficient (Wildman–Crippen LogP) is 2.81. The van der Waals surface area contributed by atoms with Crippen LogP contribution < -0.4 is 10.1 Å². The van der Waals surface area contributed by atoms with Gasteiger partial charge in [0.25, 0.3) is 0 Å². The second kappa shape index (κ2) is 7.10. The van der Waals surface area contributed by atoms with E-state index in [1.807, 2.05) is 35.1 Å². The summed E-state index contributed by atoms with van der Waals surface area (Å²) in [5.74, 6) is 0.837. The van der Waals surface area contributed by atoms with Crippen LogP contribution in [-0.4, -0.2) is 29.5 Å². The fourth-order valence-electron chi connectivity index (χ4n) is 2.12. The molecule has 1 heterocycles. The van der Waals surface area contributed by atoms with Gasteiger partial charge in [0.15, 0.2) is 0 Å². The summed E-state index contributed by atoms with van der Waals surface area (Å²) < 4.78 is 7.24. The highest BCUT2D eigenvalue weighted by atomic mass is 16.5. The maximum Gasteiger partial charge on any atom is 0.144 e. The molecule has 0 saturated carbocycles. The first-order valence-corrected chi connectivity index (χ1v) is 7.11. The van der Waals surface area contributed by atoms with Crippen LogP contribution in [0.2, 0.25) is 0 Å². The molecule has 108 valence electrons. The molecule has 4 nitrogen and oxygen atoms in total. The summed E-state index contributed by atoms with van der Waals surface area (Å²) >= 11 is 0. The van der Waals surface area contributed by atoms with Crippen molar-refractivity contribution in [3.05, 3.63) is 42.2 Å². The Hall–Kier alpha value is -1.81. The van der Waals surface area contributed by atoms with Crippen molar-refractivity contribution < 1.29 is 4.74 Å². The van der Waals surface area contributed by atoms with Crippen LogP contribution in [0.1, 0.15) is 25.8 Å². The maximum absolute atomic E-state index is 5.36. The molecule has 0 aliphatic rings. The van der Waals surface area contributed by atoms with Crippen molar-refractivity contribution >= 4 is 0 Å². The number of hydrogen-bond acceptors (Lipinski definition) is 3. The van der Waals surface area contributed by atoms with E-state index in [9.17, 15) is 0 Å². The number of aromatic nitrogens is 2. The van der Waals surface area contributed by atoms with Crippen molar-refractivity contribution in [3.8, 4) is 11.4 Å². The number of nitrogens with one attached hydrogen (secondary N) is 1. The van der Waals surface area contributed by atoms with E-state index in [1.165, 1.54) is 5.56 Å². The number of ether oxygens (including phenoxy) is 1. The summed E-state index contributed by atoms with van der Waals surface area (Å²) in [5, 5.41) is 7.85. The molecule has 1 N–H and O–H groups in total. The number of rotatable bonds is 7. The van der Waals surface area contributed by atoms with E-state index in [4.69, 9.17) is 4.74 Å². The van der Waals surface area contributed by atoms with E-state index in [-0.39, 0.29) is 0 Å². The molecule has 1 aromatic carbocycles. The first kappa shape index (κ1) is 14.6. The lowest BCUT2D eigenvalue weighted by atomic mass is 10.2. The number of methoxy groups -OCH3 is 1. The topological polar surface area (TPSA) is 39.1 Å². The van der Waals surface area contributed by atoms with Gasteiger partial charge in [-0.25, -0.2) is 4.68 Å². The van der Waals surface area contributed by atoms with Gasteiger partial charge in [-0.15, -0.1) is 0 Å². The molecule has 0 unspecified atom stereocenters. The number of aryl methyl sites for hydroxylation is 1. The van der Waals surface area contributed by atoms with Crippen LogP contribution in [0.5, 0.6) is 5.75 Å². The van der Waals surface area contributed by atoms with Crippen LogP contribution in [-0.2, 0) is 6.42 Å². The number of hydrogen-bond donors (Lipinski definition) is 1. The van der Waals surface area contributed by atoms with Crippen molar-refractivity contribution in [2.24, 2.45) is 0 Å². The zero-order valence-electron chi connectivity index (χ0n) is 12.5. The normalized spacial score (nSPS) is 11.0. The van der Waals surface area contributed by atoms with E-state index in [0.717, 1.165) is 30.8 Å². The van der Waals surface area contributed by atoms with Gasteiger partial charge in [0, 0.05) is 12.2 Å². The number of nitrogens with zero attached hydrogens (tertiary/aromatic N) is 2. The van der Waals surface area contributed by atoms with Gasteiger partial charge in [-0.05, 0) is 37.1 Å². The fraction of sp³-hybridized carbons (Fsp3) is 0.438. The zero-order chi connectivity index (χ0) is 14.4. The largest absolute Gasteiger partial charge is 0.494 e. The molecule has 0 radical (unpaired) electrons. The number of para-hydroxylation sites is 2. The van der Waals surface area contributed by atoms with Crippen LogP contribution in [0.15, 0.2) is 36.7 Å². The molecule has 0 atom stereocenters. The Bertz CT molecular complexity index is 534. The lowest BCUT2D eigenvalue weighted by Crippen LogP contribution is -2.23. The molecule has 4 heteroatoms. The van der Waals surface area contributed by atoms with Gasteiger partial charge in [-0.1, -0.05) is 26.0 Å². The fourth-order valence-corrected chi connectivity index (χ4v) is 2.12. The zero-order valence-corrected chi connectivity index (χ0v) is 12.5. The van der Waals surface area contributed by atoms with Gasteiger partial charge in [0.05, 0.1) is 13.3 Å². The molecule has 0 amide bonds. The molecule has 0 spiro atoms. The summed E-state index contributed by atoms with van der Waals surface area (Å²) in [7, 11) is 1.68. The molecule has 2 aromatic rings. The Balaban J connectivity index is 1.98. The highest BCUT2D eigenvalue weighted by Gasteiger charge is 2.06. The van der Waals surface area contributed by atoms with Gasteiger partial charge < -0.3 is 10.1 Å². The second-order valence-corrected chi connectivity index (χ2v) is 5.18. The molecular weight excluding hydrogens is 250 g/mol. The monoisotopic (exact) mass is 273 g/mol. The van der Waals surface area contributed by atoms with Crippen LogP contribution >= 0.6 is 0 Å². The van der Waals surface area contributed by atoms with Crippen molar-refractivity contribution in [1.29, 1.82) is 0 Å². The molecule has 0 fully saturated rings. The smallest absolute Gasteiger partial charge is 0.144 e. The SMILES string of the molecule is COc1ccccc1-n1cc(CCCNC(C)C)cn1. The highest BCUT2D eigenvalue weighted by molar-refractivity contribution is 5.46. The molecule has 0 bridgehead atoms. The standard InChI is InChI=1S/C16H23N3O/c1-13(2)17-10-6-7-14-11-18-19(12-14)15-8-4-5-9-16(15)20-3/h4-5,8-9,11-13,17H,6-7,10H2,1-3H3. The summed E-state index contributed by atoms with van der Waals surface area (Å²) in [4.78, 5) is 0. The van der Waals surface area contributed by atoms with E-state index < -0.39 is 0 Å². The average Bonchev–Trinajstić information content (AvgIpc) is 2.92. The summed E-state index contributed by atoms with van der Waals surface area (Å²) in [5.41, 5.74) is 2.23. The highest BCUT2D eigenvalue weighted by Crippen LogP contribution is 2.21. The summed E-state index contributed by atoms with van der Waals surface area (Å²) in [6, 6.07) is 8.46. The van der Waals surface area contributed by atoms with E-state index in [0.29, 0.717) is 6.04 Å². The van der Waals surface area contributed by atoms with Crippen molar-refractivity contribution in [1.82, 2.24) is 15.1 Å². The summed E-state index contributed by atoms with van der Waals surface area (Å²) in [6.45, 7) is 5.37. The first-order chi connectivity index (χ1) is 9.70. The van der Waals surface area contributed by atoms with Crippen LogP contribution in [0.3, 0.4) is 0 Å². The lowest BCUT2D eigenvalue weighted by molar-refractivity contribution is 0.411. The molecule has 20 heavy (non-hydrogen) atoms. The van der Waals surface area contributed by atoms with Crippen LogP contribution in [0.4, 0.5) is 0 Å². The second-order valence-electron chi connectivity index (χ2n) is 5.18. The van der Waals surface area contributed by atoms with Gasteiger partial charge in [0.2, 0.25) is 0 Å². The van der Waals surface area contributed by atoms with Gasteiger partial charge in [0.1, 0.15) is 11.4 Å². The van der Waals surface area contributed by atoms with Crippen LogP contribution in [0.25, 0.3) is 5.69 Å². The summed E-state index contributed by atoms with van der Waals surface area (Å²) in [6.07, 6.45) is 6.17. The quantitative estimate of drug-likeness (QED) is 0.788. The van der Waals surface area contributed by atoms with E-state index in [2.05, 4.69) is 30.5 Å². The Labute approximate surface area is 120 Å². The van der Waals surface area contributed by atoms with Crippen molar-refractivity contribution in [2.75, 3.05) is 13.7 Å². The third kappa shape index (κ3) is 3.84. The third-order valence-corrected chi connectivity index (χ3v) is 3.16. The van der Waals surface area contributed by atoms with Crippen molar-refractivity contribution in [2.45, 2.75) is 32.7 Å². The Morgan fingerprint density at radius 2 is 2.10 bits per heavy atom. The molecule has 0 aliphatic heterocycles. The van der Waals surface area contributed by atoms with Gasteiger partial charge >= 0.3 is 0 Å². The molecule has 0 aliphatic carbocycles. The Morgan fingerprint density at radius 1 is 1.30 bits per heavy atom. The lowest BCUT2D eigenvalue weighted by Gasteiger charge is -2.07. The van der Waals surface area contributed by atoms with Crippen molar-refractivity contribution in [3.63, 3.8) is 0 Å². The number of benzene rings is 1. The van der Waals surface area contributed by atoms with Crippen LogP contribution in [0, 0.1) is 0 Å². The average molecular weight is 273 g/mol.